The predicted molar refractivity (Wildman–Crippen MR) is 180 cm³/mol. The third kappa shape index (κ3) is 13.1. The van der Waals surface area contributed by atoms with Crippen LogP contribution in [0.1, 0.15) is 97.4 Å². The van der Waals surface area contributed by atoms with Crippen LogP contribution in [0.25, 0.3) is 0 Å². The zero-order valence-corrected chi connectivity index (χ0v) is 29.2. The molecule has 4 unspecified atom stereocenters. The molecule has 11 heteroatoms. The Balaban J connectivity index is 2.65. The molecule has 47 heavy (non-hydrogen) atoms. The highest BCUT2D eigenvalue weighted by Gasteiger charge is 2.40. The van der Waals surface area contributed by atoms with Gasteiger partial charge in [-0.05, 0) is 79.4 Å². The van der Waals surface area contributed by atoms with Crippen molar-refractivity contribution < 1.29 is 33.4 Å². The van der Waals surface area contributed by atoms with Gasteiger partial charge in [-0.1, -0.05) is 67.1 Å². The van der Waals surface area contributed by atoms with Crippen molar-refractivity contribution in [1.82, 2.24) is 15.5 Å². The van der Waals surface area contributed by atoms with Gasteiger partial charge in [0.05, 0.1) is 0 Å². The van der Waals surface area contributed by atoms with E-state index in [-0.39, 0.29) is 19.3 Å². The molecule has 0 radical (unpaired) electrons. The minimum Gasteiger partial charge on any atom is -0.458 e. The smallest absolute Gasteiger partial charge is 0.408 e. The Bertz CT molecular complexity index is 1380. The zero-order valence-electron chi connectivity index (χ0n) is 29.2. The number of benzene rings is 2. The summed E-state index contributed by atoms with van der Waals surface area (Å²) in [5.41, 5.74) is 5.92. The lowest BCUT2D eigenvalue weighted by Gasteiger charge is -2.39. The number of hydrogen-bond acceptors (Lipinski definition) is 7. The Hall–Kier alpha value is -4.41. The molecule has 0 heterocycles. The summed E-state index contributed by atoms with van der Waals surface area (Å²) in [6, 6.07) is 12.4. The summed E-state index contributed by atoms with van der Waals surface area (Å²) in [4.78, 5) is 68.5. The van der Waals surface area contributed by atoms with E-state index in [9.17, 15) is 24.0 Å². The van der Waals surface area contributed by atoms with Gasteiger partial charge in [-0.25, -0.2) is 9.59 Å². The number of hydrogen-bond donors (Lipinski definition) is 3. The standard InChI is InChI=1S/C36H52N4O7/c1-10-24(3)40(32(43)27(19-20-29(37)41)39-34(45)47-36(7,8)9)30(26-18-14-15-23(2)21-26)31(42)38-28(33(44)46-35(4,5)6)22-25-16-12-11-13-17-25/h11-18,21,24,27-28,30H,10,19-20,22H2,1-9H3,(H2,37,41)(H,38,42)(H,39,45). The number of amides is 4. The van der Waals surface area contributed by atoms with E-state index in [1.807, 2.05) is 50.2 Å². The Labute approximate surface area is 278 Å². The van der Waals surface area contributed by atoms with Gasteiger partial charge in [0.25, 0.3) is 0 Å². The fraction of sp³-hybridized carbons (Fsp3) is 0.528. The van der Waals surface area contributed by atoms with Crippen molar-refractivity contribution in [3.63, 3.8) is 0 Å². The van der Waals surface area contributed by atoms with E-state index in [1.165, 1.54) is 4.90 Å². The molecule has 0 spiro atoms. The first kappa shape index (κ1) is 38.8. The number of ether oxygens (including phenoxy) is 2. The number of nitrogens with zero attached hydrogens (tertiary/aromatic N) is 1. The molecule has 0 saturated heterocycles. The van der Waals surface area contributed by atoms with Gasteiger partial charge in [-0.3, -0.25) is 14.4 Å². The first-order valence-electron chi connectivity index (χ1n) is 16.0. The van der Waals surface area contributed by atoms with Crippen molar-refractivity contribution in [3.05, 3.63) is 71.3 Å². The maximum Gasteiger partial charge on any atom is 0.408 e. The van der Waals surface area contributed by atoms with E-state index in [1.54, 1.807) is 66.7 Å². The van der Waals surface area contributed by atoms with Crippen molar-refractivity contribution in [2.45, 2.75) is 123 Å². The van der Waals surface area contributed by atoms with Crippen LogP contribution in [0.2, 0.25) is 0 Å². The van der Waals surface area contributed by atoms with E-state index in [0.717, 1.165) is 11.1 Å². The molecular formula is C36H52N4O7. The summed E-state index contributed by atoms with van der Waals surface area (Å²) < 4.78 is 11.1. The molecular weight excluding hydrogens is 600 g/mol. The predicted octanol–water partition coefficient (Wildman–Crippen LogP) is 4.89. The molecule has 0 fully saturated rings. The lowest BCUT2D eigenvalue weighted by molar-refractivity contribution is -0.159. The van der Waals surface area contributed by atoms with Gasteiger partial charge >= 0.3 is 12.1 Å². The Kier molecular flexibility index (Phi) is 14.0. The van der Waals surface area contributed by atoms with E-state index in [2.05, 4.69) is 10.6 Å². The highest BCUT2D eigenvalue weighted by molar-refractivity contribution is 5.94. The minimum absolute atomic E-state index is 0.114. The molecule has 0 aromatic heterocycles. The summed E-state index contributed by atoms with van der Waals surface area (Å²) in [6.45, 7) is 15.8. The lowest BCUT2D eigenvalue weighted by atomic mass is 9.97. The summed E-state index contributed by atoms with van der Waals surface area (Å²) >= 11 is 0. The summed E-state index contributed by atoms with van der Waals surface area (Å²) in [7, 11) is 0. The number of rotatable bonds is 14. The number of alkyl carbamates (subject to hydrolysis) is 1. The van der Waals surface area contributed by atoms with Crippen molar-refractivity contribution >= 4 is 29.8 Å². The van der Waals surface area contributed by atoms with Gasteiger partial charge in [0.15, 0.2) is 0 Å². The average Bonchev–Trinajstić information content (AvgIpc) is 2.95. The summed E-state index contributed by atoms with van der Waals surface area (Å²) in [5.74, 6) is -2.49. The highest BCUT2D eigenvalue weighted by Crippen LogP contribution is 2.28. The van der Waals surface area contributed by atoms with Crippen LogP contribution in [-0.2, 0) is 35.1 Å². The maximum absolute atomic E-state index is 14.5. The Morgan fingerprint density at radius 3 is 2.00 bits per heavy atom. The minimum atomic E-state index is -1.24. The third-order valence-electron chi connectivity index (χ3n) is 7.16. The number of carbonyl (C=O) groups excluding carboxylic acids is 5. The Morgan fingerprint density at radius 1 is 0.851 bits per heavy atom. The molecule has 2 rings (SSSR count). The molecule has 2 aromatic carbocycles. The van der Waals surface area contributed by atoms with Crippen molar-refractivity contribution in [1.29, 1.82) is 0 Å². The molecule has 2 aromatic rings. The third-order valence-corrected chi connectivity index (χ3v) is 7.16. The molecule has 0 bridgehead atoms. The fourth-order valence-corrected chi connectivity index (χ4v) is 4.91. The van der Waals surface area contributed by atoms with Crippen molar-refractivity contribution in [2.24, 2.45) is 5.73 Å². The molecule has 0 aliphatic carbocycles. The molecule has 4 N–H and O–H groups in total. The van der Waals surface area contributed by atoms with Gasteiger partial charge in [-0.15, -0.1) is 0 Å². The number of nitrogens with one attached hydrogen (secondary N) is 2. The van der Waals surface area contributed by atoms with Crippen LogP contribution in [0, 0.1) is 6.92 Å². The van der Waals surface area contributed by atoms with Crippen LogP contribution < -0.4 is 16.4 Å². The van der Waals surface area contributed by atoms with Crippen LogP contribution in [0.15, 0.2) is 54.6 Å². The number of nitrogens with two attached hydrogens (primary N) is 1. The van der Waals surface area contributed by atoms with E-state index in [4.69, 9.17) is 15.2 Å². The second kappa shape index (κ2) is 16.9. The number of carbonyl (C=O) groups is 5. The van der Waals surface area contributed by atoms with Gasteiger partial charge in [0.1, 0.15) is 29.3 Å². The van der Waals surface area contributed by atoms with Crippen LogP contribution in [0.4, 0.5) is 4.79 Å². The second-order valence-corrected chi connectivity index (χ2v) is 13.8. The largest absolute Gasteiger partial charge is 0.458 e. The topological polar surface area (TPSA) is 157 Å². The zero-order chi connectivity index (χ0) is 35.5. The number of aryl methyl sites for hydroxylation is 1. The molecule has 0 aliphatic heterocycles. The normalized spacial score (nSPS) is 14.1. The number of esters is 1. The first-order valence-corrected chi connectivity index (χ1v) is 16.0. The fourth-order valence-electron chi connectivity index (χ4n) is 4.91. The van der Waals surface area contributed by atoms with Crippen molar-refractivity contribution in [3.8, 4) is 0 Å². The highest BCUT2D eigenvalue weighted by atomic mass is 16.6. The van der Waals surface area contributed by atoms with E-state index >= 15 is 0 Å². The van der Waals surface area contributed by atoms with Crippen LogP contribution in [-0.4, -0.2) is 64.0 Å². The lowest BCUT2D eigenvalue weighted by Crippen LogP contribution is -2.57. The SMILES string of the molecule is CCC(C)N(C(=O)C(CCC(N)=O)NC(=O)OC(C)(C)C)C(C(=O)NC(Cc1ccccc1)C(=O)OC(C)(C)C)c1cccc(C)c1. The van der Waals surface area contributed by atoms with Crippen LogP contribution >= 0.6 is 0 Å². The molecule has 0 saturated carbocycles. The van der Waals surface area contributed by atoms with Gasteiger partial charge in [0, 0.05) is 18.9 Å². The molecule has 4 amide bonds. The van der Waals surface area contributed by atoms with Gasteiger partial charge in [0.2, 0.25) is 17.7 Å². The van der Waals surface area contributed by atoms with E-state index < -0.39 is 65.2 Å². The summed E-state index contributed by atoms with van der Waals surface area (Å²) in [6.07, 6.45) is -0.554. The van der Waals surface area contributed by atoms with E-state index in [0.29, 0.717) is 12.0 Å². The van der Waals surface area contributed by atoms with Gasteiger partial charge in [-0.2, -0.15) is 0 Å². The Morgan fingerprint density at radius 2 is 1.47 bits per heavy atom. The summed E-state index contributed by atoms with van der Waals surface area (Å²) in [5, 5.41) is 5.48. The molecule has 4 atom stereocenters. The number of primary amides is 1. The molecule has 11 nitrogen and oxygen atoms in total. The van der Waals surface area contributed by atoms with Gasteiger partial charge < -0.3 is 30.7 Å². The maximum atomic E-state index is 14.5. The molecule has 0 aliphatic rings. The average molecular weight is 653 g/mol. The van der Waals surface area contributed by atoms with Crippen molar-refractivity contribution in [2.75, 3.05) is 0 Å². The monoisotopic (exact) mass is 652 g/mol. The second-order valence-electron chi connectivity index (χ2n) is 13.8. The quantitative estimate of drug-likeness (QED) is 0.245. The van der Waals surface area contributed by atoms with Crippen LogP contribution in [0.3, 0.4) is 0 Å². The van der Waals surface area contributed by atoms with Crippen LogP contribution in [0.5, 0.6) is 0 Å². The molecule has 258 valence electrons. The first-order chi connectivity index (χ1) is 21.8.